The van der Waals surface area contributed by atoms with Crippen molar-refractivity contribution in [3.05, 3.63) is 54.5 Å². The minimum Gasteiger partial charge on any atom is -0.508 e. The van der Waals surface area contributed by atoms with E-state index in [4.69, 9.17) is 10.5 Å². The molecular formula is C14H13N3O2. The van der Waals surface area contributed by atoms with Gasteiger partial charge in [0.25, 0.3) is 0 Å². The number of aromatic nitrogens is 2. The second-order valence-corrected chi connectivity index (χ2v) is 4.22. The summed E-state index contributed by atoms with van der Waals surface area (Å²) >= 11 is 0. The Balaban J connectivity index is 1.82. The number of phenolic OH excluding ortho intramolecular Hbond substituents is 1. The lowest BCUT2D eigenvalue weighted by Gasteiger charge is -2.06. The zero-order valence-electron chi connectivity index (χ0n) is 10.2. The monoisotopic (exact) mass is 255 g/mol. The summed E-state index contributed by atoms with van der Waals surface area (Å²) in [7, 11) is 0. The summed E-state index contributed by atoms with van der Waals surface area (Å²) in [5.74, 6) is 0.800. The van der Waals surface area contributed by atoms with Crippen molar-refractivity contribution < 1.29 is 9.84 Å². The number of benzene rings is 1. The topological polar surface area (TPSA) is 72.8 Å². The molecule has 0 aliphatic heterocycles. The fourth-order valence-corrected chi connectivity index (χ4v) is 1.89. The molecule has 3 N–H and O–H groups in total. The Morgan fingerprint density at radius 1 is 1.26 bits per heavy atom. The minimum absolute atomic E-state index is 0.184. The molecule has 3 rings (SSSR count). The summed E-state index contributed by atoms with van der Waals surface area (Å²) in [5, 5.41) is 9.36. The van der Waals surface area contributed by atoms with Gasteiger partial charge < -0.3 is 20.0 Å². The van der Waals surface area contributed by atoms with E-state index in [1.807, 2.05) is 16.7 Å². The number of hydrogen-bond acceptors (Lipinski definition) is 4. The Kier molecular flexibility index (Phi) is 2.72. The van der Waals surface area contributed by atoms with Gasteiger partial charge in [-0.1, -0.05) is 6.07 Å². The van der Waals surface area contributed by atoms with Gasteiger partial charge in [-0.3, -0.25) is 0 Å². The van der Waals surface area contributed by atoms with Crippen LogP contribution >= 0.6 is 0 Å². The third-order valence-corrected chi connectivity index (χ3v) is 2.82. The molecule has 0 aliphatic carbocycles. The molecule has 96 valence electrons. The van der Waals surface area contributed by atoms with Crippen molar-refractivity contribution in [1.82, 2.24) is 9.38 Å². The van der Waals surface area contributed by atoms with Crippen molar-refractivity contribution in [2.45, 2.75) is 6.61 Å². The standard InChI is InChI=1S/C14H13N3O2/c15-10-4-5-17-11(8-16-14(17)6-10)9-19-13-3-1-2-12(18)7-13/h1-8,18H,9,15H2. The lowest BCUT2D eigenvalue weighted by Crippen LogP contribution is -1.99. The fourth-order valence-electron chi connectivity index (χ4n) is 1.89. The van der Waals surface area contributed by atoms with Crippen LogP contribution in [0.4, 0.5) is 5.69 Å². The van der Waals surface area contributed by atoms with Gasteiger partial charge in [0, 0.05) is 24.0 Å². The third-order valence-electron chi connectivity index (χ3n) is 2.82. The molecule has 1 aromatic carbocycles. The van der Waals surface area contributed by atoms with Gasteiger partial charge in [0.1, 0.15) is 23.8 Å². The first-order chi connectivity index (χ1) is 9.22. The number of imidazole rings is 1. The molecule has 3 aromatic rings. The Morgan fingerprint density at radius 3 is 3.00 bits per heavy atom. The van der Waals surface area contributed by atoms with Crippen LogP contribution in [0.25, 0.3) is 5.65 Å². The molecule has 5 nitrogen and oxygen atoms in total. The summed E-state index contributed by atoms with van der Waals surface area (Å²) in [6.07, 6.45) is 3.61. The van der Waals surface area contributed by atoms with E-state index in [-0.39, 0.29) is 5.75 Å². The molecule has 0 saturated carbocycles. The fraction of sp³-hybridized carbons (Fsp3) is 0.0714. The molecule has 2 aromatic heterocycles. The molecule has 5 heteroatoms. The van der Waals surface area contributed by atoms with E-state index in [1.165, 1.54) is 0 Å². The summed E-state index contributed by atoms with van der Waals surface area (Å²) in [6, 6.07) is 10.3. The maximum absolute atomic E-state index is 9.36. The van der Waals surface area contributed by atoms with Gasteiger partial charge in [0.05, 0.1) is 11.9 Å². The number of ether oxygens (including phenoxy) is 1. The highest BCUT2D eigenvalue weighted by Gasteiger charge is 2.04. The van der Waals surface area contributed by atoms with E-state index in [0.717, 1.165) is 11.3 Å². The summed E-state index contributed by atoms with van der Waals surface area (Å²) in [5.41, 5.74) is 8.08. The van der Waals surface area contributed by atoms with Gasteiger partial charge in [-0.25, -0.2) is 4.98 Å². The van der Waals surface area contributed by atoms with Gasteiger partial charge in [-0.05, 0) is 18.2 Å². The van der Waals surface area contributed by atoms with Crippen LogP contribution in [-0.4, -0.2) is 14.5 Å². The van der Waals surface area contributed by atoms with Gasteiger partial charge in [-0.2, -0.15) is 0 Å². The molecule has 0 spiro atoms. The van der Waals surface area contributed by atoms with Crippen LogP contribution in [-0.2, 0) is 6.61 Å². The second kappa shape index (κ2) is 4.53. The lowest BCUT2D eigenvalue weighted by atomic mass is 10.3. The first-order valence-corrected chi connectivity index (χ1v) is 5.86. The van der Waals surface area contributed by atoms with Crippen molar-refractivity contribution in [2.24, 2.45) is 0 Å². The lowest BCUT2D eigenvalue weighted by molar-refractivity contribution is 0.298. The number of rotatable bonds is 3. The Bertz CT molecular complexity index is 722. The number of pyridine rings is 1. The van der Waals surface area contributed by atoms with Gasteiger partial charge >= 0.3 is 0 Å². The number of nitrogens with zero attached hydrogens (tertiary/aromatic N) is 2. The smallest absolute Gasteiger partial charge is 0.139 e. The summed E-state index contributed by atoms with van der Waals surface area (Å²) in [4.78, 5) is 4.26. The maximum Gasteiger partial charge on any atom is 0.139 e. The number of hydrogen-bond donors (Lipinski definition) is 2. The largest absolute Gasteiger partial charge is 0.508 e. The van der Waals surface area contributed by atoms with Crippen molar-refractivity contribution in [2.75, 3.05) is 5.73 Å². The summed E-state index contributed by atoms with van der Waals surface area (Å²) in [6.45, 7) is 0.370. The third kappa shape index (κ3) is 2.30. The van der Waals surface area contributed by atoms with Crippen LogP contribution in [0.5, 0.6) is 11.5 Å². The Morgan fingerprint density at radius 2 is 2.16 bits per heavy atom. The average Bonchev–Trinajstić information content (AvgIpc) is 2.78. The number of fused-ring (bicyclic) bond motifs is 1. The molecule has 0 saturated heterocycles. The number of anilines is 1. The van der Waals surface area contributed by atoms with Crippen molar-refractivity contribution in [1.29, 1.82) is 0 Å². The quantitative estimate of drug-likeness (QED) is 0.752. The molecule has 0 bridgehead atoms. The van der Waals surface area contributed by atoms with Crippen LogP contribution in [0.1, 0.15) is 5.69 Å². The van der Waals surface area contributed by atoms with E-state index in [0.29, 0.717) is 18.0 Å². The van der Waals surface area contributed by atoms with Gasteiger partial charge in [-0.15, -0.1) is 0 Å². The van der Waals surface area contributed by atoms with Crippen LogP contribution < -0.4 is 10.5 Å². The van der Waals surface area contributed by atoms with E-state index < -0.39 is 0 Å². The number of nitrogens with two attached hydrogens (primary N) is 1. The first-order valence-electron chi connectivity index (χ1n) is 5.86. The van der Waals surface area contributed by atoms with Crippen LogP contribution in [0.15, 0.2) is 48.8 Å². The maximum atomic E-state index is 9.36. The van der Waals surface area contributed by atoms with Crippen molar-refractivity contribution in [3.63, 3.8) is 0 Å². The van der Waals surface area contributed by atoms with E-state index in [2.05, 4.69) is 4.98 Å². The van der Waals surface area contributed by atoms with Crippen molar-refractivity contribution in [3.8, 4) is 11.5 Å². The molecule has 0 fully saturated rings. The molecule has 0 aliphatic rings. The molecule has 19 heavy (non-hydrogen) atoms. The Labute approximate surface area is 109 Å². The van der Waals surface area contributed by atoms with Crippen LogP contribution in [0, 0.1) is 0 Å². The molecule has 0 radical (unpaired) electrons. The molecule has 0 unspecified atom stereocenters. The van der Waals surface area contributed by atoms with E-state index >= 15 is 0 Å². The zero-order valence-corrected chi connectivity index (χ0v) is 10.2. The molecule has 2 heterocycles. The van der Waals surface area contributed by atoms with Crippen LogP contribution in [0.2, 0.25) is 0 Å². The zero-order chi connectivity index (χ0) is 13.2. The van der Waals surface area contributed by atoms with Crippen molar-refractivity contribution >= 4 is 11.3 Å². The first kappa shape index (κ1) is 11.4. The molecule has 0 amide bonds. The molecule has 0 atom stereocenters. The highest BCUT2D eigenvalue weighted by molar-refractivity contribution is 5.52. The number of nitrogen functional groups attached to an aromatic ring is 1. The second-order valence-electron chi connectivity index (χ2n) is 4.22. The predicted molar refractivity (Wildman–Crippen MR) is 72.0 cm³/mol. The Hall–Kier alpha value is -2.69. The van der Waals surface area contributed by atoms with Gasteiger partial charge in [0.15, 0.2) is 0 Å². The SMILES string of the molecule is Nc1ccn2c(COc3cccc(O)c3)cnc2c1. The number of aromatic hydroxyl groups is 1. The predicted octanol–water partition coefficient (Wildman–Crippen LogP) is 2.20. The van der Waals surface area contributed by atoms with Gasteiger partial charge in [0.2, 0.25) is 0 Å². The minimum atomic E-state index is 0.184. The summed E-state index contributed by atoms with van der Waals surface area (Å²) < 4.78 is 7.53. The van der Waals surface area contributed by atoms with E-state index in [1.54, 1.807) is 36.5 Å². The highest BCUT2D eigenvalue weighted by Crippen LogP contribution is 2.19. The normalized spacial score (nSPS) is 10.7. The van der Waals surface area contributed by atoms with Crippen LogP contribution in [0.3, 0.4) is 0 Å². The highest BCUT2D eigenvalue weighted by atomic mass is 16.5. The van der Waals surface area contributed by atoms with E-state index in [9.17, 15) is 5.11 Å². The molecular weight excluding hydrogens is 242 g/mol. The number of phenols is 1. The average molecular weight is 255 g/mol.